The van der Waals surface area contributed by atoms with Gasteiger partial charge in [0.25, 0.3) is 11.7 Å². The van der Waals surface area contributed by atoms with Gasteiger partial charge < -0.3 is 20.1 Å². The van der Waals surface area contributed by atoms with Crippen molar-refractivity contribution in [3.05, 3.63) is 70.8 Å². The highest BCUT2D eigenvalue weighted by Gasteiger charge is 2.46. The number of aryl methyl sites for hydroxylation is 1. The van der Waals surface area contributed by atoms with Crippen molar-refractivity contribution >= 4 is 17.4 Å². The van der Waals surface area contributed by atoms with E-state index in [1.54, 1.807) is 36.3 Å². The van der Waals surface area contributed by atoms with E-state index in [0.717, 1.165) is 37.3 Å². The molecule has 0 spiro atoms. The average Bonchev–Trinajstić information content (AvgIpc) is 3.08. The number of benzene rings is 2. The van der Waals surface area contributed by atoms with Crippen LogP contribution >= 0.6 is 0 Å². The molecule has 2 saturated heterocycles. The topological polar surface area (TPSA) is 82.1 Å². The van der Waals surface area contributed by atoms with Gasteiger partial charge in [-0.1, -0.05) is 29.8 Å². The van der Waals surface area contributed by atoms with Crippen LogP contribution in [-0.2, 0) is 9.59 Å². The average molecular weight is 436 g/mol. The van der Waals surface area contributed by atoms with Gasteiger partial charge in [0.1, 0.15) is 11.5 Å². The molecule has 2 aromatic carbocycles. The molecule has 7 nitrogen and oxygen atoms in total. The molecule has 1 unspecified atom stereocenters. The lowest BCUT2D eigenvalue weighted by molar-refractivity contribution is -0.140. The number of nitrogens with one attached hydrogen (secondary N) is 1. The number of nitrogens with zero attached hydrogens (tertiary/aromatic N) is 2. The summed E-state index contributed by atoms with van der Waals surface area (Å²) in [5, 5.41) is 14.4. The van der Waals surface area contributed by atoms with E-state index in [0.29, 0.717) is 24.4 Å². The molecule has 1 atom stereocenters. The molecule has 2 aromatic rings. The molecule has 1 amide bonds. The predicted molar refractivity (Wildman–Crippen MR) is 122 cm³/mol. The predicted octanol–water partition coefficient (Wildman–Crippen LogP) is 2.33. The molecule has 2 fully saturated rings. The van der Waals surface area contributed by atoms with Gasteiger partial charge in [-0.3, -0.25) is 14.5 Å². The minimum absolute atomic E-state index is 0.129. The van der Waals surface area contributed by atoms with Gasteiger partial charge in [0.15, 0.2) is 0 Å². The highest BCUT2D eigenvalue weighted by atomic mass is 16.5. The molecule has 2 heterocycles. The molecule has 7 heteroatoms. The largest absolute Gasteiger partial charge is 0.507 e. The molecule has 0 radical (unpaired) electrons. The number of ether oxygens (including phenoxy) is 1. The van der Waals surface area contributed by atoms with Crippen LogP contribution in [0.25, 0.3) is 5.76 Å². The molecule has 0 saturated carbocycles. The van der Waals surface area contributed by atoms with E-state index in [2.05, 4.69) is 10.2 Å². The molecular formula is C25H29N3O4. The number of carbonyl (C=O) groups is 2. The first-order valence-corrected chi connectivity index (χ1v) is 10.9. The quantitative estimate of drug-likeness (QED) is 0.412. The zero-order valence-electron chi connectivity index (χ0n) is 18.5. The Morgan fingerprint density at radius 3 is 2.31 bits per heavy atom. The van der Waals surface area contributed by atoms with Crippen molar-refractivity contribution in [2.75, 3.05) is 46.4 Å². The number of aliphatic hydroxyl groups is 1. The van der Waals surface area contributed by atoms with Crippen LogP contribution in [0.2, 0.25) is 0 Å². The summed E-state index contributed by atoms with van der Waals surface area (Å²) in [7, 11) is 1.57. The number of ketones is 1. The number of hydrogen-bond acceptors (Lipinski definition) is 6. The van der Waals surface area contributed by atoms with Crippen LogP contribution in [0.15, 0.2) is 54.1 Å². The monoisotopic (exact) mass is 435 g/mol. The SMILES string of the molecule is COc1ccc(C(O)=C2C(=O)C(=O)N(CCN3CCNCC3)C2c2ccc(C)cc2)cc1. The molecular weight excluding hydrogens is 406 g/mol. The number of amides is 1. The Balaban J connectivity index is 1.71. The first-order valence-electron chi connectivity index (χ1n) is 10.9. The van der Waals surface area contributed by atoms with Crippen LogP contribution < -0.4 is 10.1 Å². The van der Waals surface area contributed by atoms with Crippen molar-refractivity contribution in [1.82, 2.24) is 15.1 Å². The summed E-state index contributed by atoms with van der Waals surface area (Å²) in [6.45, 7) is 6.73. The number of Topliss-reactive ketones (excluding diaryl/α,β-unsaturated/α-hetero) is 1. The van der Waals surface area contributed by atoms with Gasteiger partial charge in [-0.25, -0.2) is 0 Å². The van der Waals surface area contributed by atoms with Gasteiger partial charge in [0, 0.05) is 44.8 Å². The Morgan fingerprint density at radius 1 is 1.03 bits per heavy atom. The normalized spacial score (nSPS) is 21.2. The second kappa shape index (κ2) is 9.54. The Morgan fingerprint density at radius 2 is 1.69 bits per heavy atom. The molecule has 168 valence electrons. The van der Waals surface area contributed by atoms with Gasteiger partial charge in [0.2, 0.25) is 0 Å². The molecule has 32 heavy (non-hydrogen) atoms. The number of piperazine rings is 1. The van der Waals surface area contributed by atoms with Gasteiger partial charge in [-0.15, -0.1) is 0 Å². The van der Waals surface area contributed by atoms with Gasteiger partial charge in [0.05, 0.1) is 18.7 Å². The Kier molecular flexibility index (Phi) is 6.58. The third-order valence-corrected chi connectivity index (χ3v) is 6.16. The summed E-state index contributed by atoms with van der Waals surface area (Å²) in [6.07, 6.45) is 0. The van der Waals surface area contributed by atoms with Crippen LogP contribution in [0.5, 0.6) is 5.75 Å². The first-order chi connectivity index (χ1) is 15.5. The fourth-order valence-electron chi connectivity index (χ4n) is 4.29. The van der Waals surface area contributed by atoms with E-state index in [4.69, 9.17) is 4.74 Å². The second-order valence-electron chi connectivity index (χ2n) is 8.22. The van der Waals surface area contributed by atoms with Crippen molar-refractivity contribution in [2.45, 2.75) is 13.0 Å². The molecule has 0 bridgehead atoms. The fourth-order valence-corrected chi connectivity index (χ4v) is 4.29. The summed E-state index contributed by atoms with van der Waals surface area (Å²) in [5.41, 5.74) is 2.50. The molecule has 4 rings (SSSR count). The van der Waals surface area contributed by atoms with Crippen molar-refractivity contribution in [3.63, 3.8) is 0 Å². The van der Waals surface area contributed by atoms with Gasteiger partial charge >= 0.3 is 0 Å². The summed E-state index contributed by atoms with van der Waals surface area (Å²) >= 11 is 0. The number of methoxy groups -OCH3 is 1. The van der Waals surface area contributed by atoms with Crippen LogP contribution in [0, 0.1) is 6.92 Å². The standard InChI is InChI=1S/C25H29N3O4/c1-17-3-5-18(6-4-17)22-21(23(29)19-7-9-20(32-2)10-8-19)24(30)25(31)28(22)16-15-27-13-11-26-12-14-27/h3-10,22,26,29H,11-16H2,1-2H3. The van der Waals surface area contributed by atoms with Crippen molar-refractivity contribution < 1.29 is 19.4 Å². The summed E-state index contributed by atoms with van der Waals surface area (Å²) < 4.78 is 5.18. The lowest BCUT2D eigenvalue weighted by atomic mass is 9.94. The molecule has 2 N–H and O–H groups in total. The fraction of sp³-hybridized carbons (Fsp3) is 0.360. The van der Waals surface area contributed by atoms with E-state index in [-0.39, 0.29) is 11.3 Å². The Hall–Kier alpha value is -3.16. The zero-order valence-corrected chi connectivity index (χ0v) is 18.5. The van der Waals surface area contributed by atoms with Gasteiger partial charge in [-0.05, 0) is 36.8 Å². The number of likely N-dealkylation sites (tertiary alicyclic amines) is 1. The minimum atomic E-state index is -0.649. The molecule has 0 aliphatic carbocycles. The molecule has 2 aliphatic heterocycles. The lowest BCUT2D eigenvalue weighted by Gasteiger charge is -2.31. The third-order valence-electron chi connectivity index (χ3n) is 6.16. The third kappa shape index (κ3) is 4.40. The highest BCUT2D eigenvalue weighted by molar-refractivity contribution is 6.46. The Labute approximate surface area is 188 Å². The molecule has 2 aliphatic rings. The maximum absolute atomic E-state index is 13.1. The number of rotatable bonds is 6. The van der Waals surface area contributed by atoms with Crippen molar-refractivity contribution in [2.24, 2.45) is 0 Å². The van der Waals surface area contributed by atoms with Crippen LogP contribution in [0.3, 0.4) is 0 Å². The van der Waals surface area contributed by atoms with E-state index >= 15 is 0 Å². The number of aliphatic hydroxyl groups excluding tert-OH is 1. The second-order valence-corrected chi connectivity index (χ2v) is 8.22. The van der Waals surface area contributed by atoms with Crippen molar-refractivity contribution in [1.29, 1.82) is 0 Å². The molecule has 0 aromatic heterocycles. The zero-order chi connectivity index (χ0) is 22.7. The van der Waals surface area contributed by atoms with E-state index in [1.807, 2.05) is 31.2 Å². The van der Waals surface area contributed by atoms with Crippen molar-refractivity contribution in [3.8, 4) is 5.75 Å². The van der Waals surface area contributed by atoms with E-state index < -0.39 is 17.7 Å². The van der Waals surface area contributed by atoms with Crippen LogP contribution in [-0.4, -0.2) is 73.0 Å². The van der Waals surface area contributed by atoms with Crippen LogP contribution in [0.4, 0.5) is 0 Å². The highest BCUT2D eigenvalue weighted by Crippen LogP contribution is 2.39. The smallest absolute Gasteiger partial charge is 0.295 e. The number of hydrogen-bond donors (Lipinski definition) is 2. The maximum Gasteiger partial charge on any atom is 0.295 e. The lowest BCUT2D eigenvalue weighted by Crippen LogP contribution is -2.46. The van der Waals surface area contributed by atoms with E-state index in [9.17, 15) is 14.7 Å². The minimum Gasteiger partial charge on any atom is -0.507 e. The maximum atomic E-state index is 13.1. The number of carbonyl (C=O) groups excluding carboxylic acids is 2. The summed E-state index contributed by atoms with van der Waals surface area (Å²) in [5.74, 6) is -0.737. The summed E-state index contributed by atoms with van der Waals surface area (Å²) in [6, 6.07) is 13.9. The summed E-state index contributed by atoms with van der Waals surface area (Å²) in [4.78, 5) is 30.0. The first kappa shape index (κ1) is 22.0. The van der Waals surface area contributed by atoms with Gasteiger partial charge in [-0.2, -0.15) is 0 Å². The van der Waals surface area contributed by atoms with Crippen LogP contribution in [0.1, 0.15) is 22.7 Å². The Bertz CT molecular complexity index is 1010. The van der Waals surface area contributed by atoms with E-state index in [1.165, 1.54) is 0 Å².